The summed E-state index contributed by atoms with van der Waals surface area (Å²) in [4.78, 5) is 28.0. The van der Waals surface area contributed by atoms with E-state index in [0.29, 0.717) is 28.0 Å². The minimum Gasteiger partial charge on any atom is -0.507 e. The highest BCUT2D eigenvalue weighted by molar-refractivity contribution is 8.00. The summed E-state index contributed by atoms with van der Waals surface area (Å²) in [5.41, 5.74) is 1.44. The first-order valence-corrected chi connectivity index (χ1v) is 14.2. The van der Waals surface area contributed by atoms with Crippen molar-refractivity contribution in [3.05, 3.63) is 107 Å². The molecule has 1 N–H and O–H groups in total. The SMILES string of the molecule is CCCOc1cccc(C2/C(=C(\O)c3ccc(F)cc3)C(=O)C(=O)N2c2nnc(SCc3ccc(F)cc3)s2)c1. The van der Waals surface area contributed by atoms with Crippen LogP contribution in [-0.2, 0) is 15.3 Å². The molecule has 5 rings (SSSR count). The number of benzene rings is 3. The van der Waals surface area contributed by atoms with Crippen LogP contribution in [0, 0.1) is 11.6 Å². The maximum absolute atomic E-state index is 13.6. The van der Waals surface area contributed by atoms with Crippen LogP contribution in [0.2, 0.25) is 0 Å². The van der Waals surface area contributed by atoms with E-state index < -0.39 is 29.3 Å². The Morgan fingerprint density at radius 3 is 2.42 bits per heavy atom. The predicted octanol–water partition coefficient (Wildman–Crippen LogP) is 6.52. The zero-order valence-corrected chi connectivity index (χ0v) is 22.8. The topological polar surface area (TPSA) is 92.6 Å². The van der Waals surface area contributed by atoms with Crippen LogP contribution in [0.3, 0.4) is 0 Å². The second-order valence-electron chi connectivity index (χ2n) is 8.86. The van der Waals surface area contributed by atoms with Gasteiger partial charge in [0.1, 0.15) is 23.1 Å². The number of hydrogen-bond donors (Lipinski definition) is 1. The van der Waals surface area contributed by atoms with Crippen molar-refractivity contribution in [2.45, 2.75) is 29.5 Å². The van der Waals surface area contributed by atoms with E-state index in [0.717, 1.165) is 35.5 Å². The number of hydrogen-bond acceptors (Lipinski definition) is 8. The van der Waals surface area contributed by atoms with E-state index in [-0.39, 0.29) is 22.1 Å². The van der Waals surface area contributed by atoms with Gasteiger partial charge in [0.2, 0.25) is 5.13 Å². The highest BCUT2D eigenvalue weighted by Gasteiger charge is 2.48. The Hall–Kier alpha value is -4.09. The minimum atomic E-state index is -1.03. The summed E-state index contributed by atoms with van der Waals surface area (Å²) in [5, 5.41) is 19.8. The largest absolute Gasteiger partial charge is 0.507 e. The summed E-state index contributed by atoms with van der Waals surface area (Å²) in [5.74, 6) is -2.00. The Morgan fingerprint density at radius 1 is 1.02 bits per heavy atom. The van der Waals surface area contributed by atoms with Crippen molar-refractivity contribution >= 4 is 45.7 Å². The molecule has 1 unspecified atom stereocenters. The molecule has 0 radical (unpaired) electrons. The lowest BCUT2D eigenvalue weighted by Gasteiger charge is -2.23. The van der Waals surface area contributed by atoms with Crippen molar-refractivity contribution in [1.82, 2.24) is 10.2 Å². The lowest BCUT2D eigenvalue weighted by molar-refractivity contribution is -0.132. The molecule has 1 aromatic heterocycles. The summed E-state index contributed by atoms with van der Waals surface area (Å²) in [6.45, 7) is 2.45. The first-order valence-electron chi connectivity index (χ1n) is 12.4. The zero-order valence-electron chi connectivity index (χ0n) is 21.2. The van der Waals surface area contributed by atoms with E-state index in [1.165, 1.54) is 40.9 Å². The quantitative estimate of drug-likeness (QED) is 0.0793. The van der Waals surface area contributed by atoms with Gasteiger partial charge < -0.3 is 9.84 Å². The van der Waals surface area contributed by atoms with Crippen LogP contribution in [0.4, 0.5) is 13.9 Å². The van der Waals surface area contributed by atoms with Gasteiger partial charge in [-0.3, -0.25) is 14.5 Å². The molecule has 0 bridgehead atoms. The number of carbonyl (C=O) groups is 2. The van der Waals surface area contributed by atoms with Crippen LogP contribution in [0.25, 0.3) is 5.76 Å². The number of halogens is 2. The number of rotatable bonds is 9. The van der Waals surface area contributed by atoms with Crippen molar-refractivity contribution in [3.8, 4) is 5.75 Å². The number of aromatic nitrogens is 2. The molecule has 1 saturated heterocycles. The first kappa shape index (κ1) is 27.5. The standard InChI is InChI=1S/C29H23F2N3O4S2/c1-2-14-38-22-5-3-4-19(15-22)24-23(25(35)18-8-12-21(31)13-9-18)26(36)27(37)34(24)28-32-33-29(40-28)39-16-17-6-10-20(30)11-7-17/h3-13,15,24,35H,2,14,16H2,1H3/b25-23+. The maximum atomic E-state index is 13.6. The van der Waals surface area contributed by atoms with Gasteiger partial charge in [0.25, 0.3) is 5.78 Å². The third kappa shape index (κ3) is 5.75. The molecule has 1 aliphatic heterocycles. The third-order valence-corrected chi connectivity index (χ3v) is 8.21. The molecule has 1 fully saturated rings. The number of ether oxygens (including phenoxy) is 1. The van der Waals surface area contributed by atoms with E-state index in [2.05, 4.69) is 10.2 Å². The van der Waals surface area contributed by atoms with Crippen LogP contribution >= 0.6 is 23.1 Å². The van der Waals surface area contributed by atoms with Gasteiger partial charge in [-0.05, 0) is 66.1 Å². The molecule has 40 heavy (non-hydrogen) atoms. The Balaban J connectivity index is 1.54. The molecule has 3 aromatic carbocycles. The number of amides is 1. The number of ketones is 1. The van der Waals surface area contributed by atoms with Crippen LogP contribution < -0.4 is 9.64 Å². The molecule has 11 heteroatoms. The summed E-state index contributed by atoms with van der Waals surface area (Å²) in [7, 11) is 0. The fraction of sp³-hybridized carbons (Fsp3) is 0.172. The minimum absolute atomic E-state index is 0.153. The van der Waals surface area contributed by atoms with Crippen molar-refractivity contribution in [2.24, 2.45) is 0 Å². The van der Waals surface area contributed by atoms with Gasteiger partial charge in [0.15, 0.2) is 4.34 Å². The molecule has 0 spiro atoms. The van der Waals surface area contributed by atoms with Gasteiger partial charge in [-0.1, -0.05) is 54.3 Å². The van der Waals surface area contributed by atoms with Crippen LogP contribution in [-0.4, -0.2) is 33.6 Å². The molecule has 204 valence electrons. The number of nitrogens with zero attached hydrogens (tertiary/aromatic N) is 3. The lowest BCUT2D eigenvalue weighted by Crippen LogP contribution is -2.29. The average Bonchev–Trinajstić information content (AvgIpc) is 3.53. The molecular weight excluding hydrogens is 556 g/mol. The van der Waals surface area contributed by atoms with Crippen molar-refractivity contribution < 1.29 is 28.2 Å². The molecule has 0 aliphatic carbocycles. The lowest BCUT2D eigenvalue weighted by atomic mass is 9.95. The normalized spacial score (nSPS) is 16.5. The smallest absolute Gasteiger partial charge is 0.301 e. The number of anilines is 1. The number of thioether (sulfide) groups is 1. The first-order chi connectivity index (χ1) is 19.4. The molecule has 4 aromatic rings. The summed E-state index contributed by atoms with van der Waals surface area (Å²) in [6, 6.07) is 17.0. The molecular formula is C29H23F2N3O4S2. The number of aliphatic hydroxyl groups is 1. The second-order valence-corrected chi connectivity index (χ2v) is 11.0. The van der Waals surface area contributed by atoms with Crippen LogP contribution in [0.15, 0.2) is 82.7 Å². The summed E-state index contributed by atoms with van der Waals surface area (Å²) in [6.07, 6.45) is 0.788. The zero-order chi connectivity index (χ0) is 28.2. The molecule has 1 atom stereocenters. The van der Waals surface area contributed by atoms with Gasteiger partial charge in [-0.15, -0.1) is 10.2 Å². The van der Waals surface area contributed by atoms with Crippen molar-refractivity contribution in [3.63, 3.8) is 0 Å². The predicted molar refractivity (Wildman–Crippen MR) is 149 cm³/mol. The number of Topliss-reactive ketones (excluding diaryl/α,β-unsaturated/α-hetero) is 1. The van der Waals surface area contributed by atoms with E-state index in [1.807, 2.05) is 6.92 Å². The number of carbonyl (C=O) groups excluding carboxylic acids is 2. The second kappa shape index (κ2) is 12.0. The Bertz CT molecular complexity index is 1570. The van der Waals surface area contributed by atoms with E-state index in [4.69, 9.17) is 4.74 Å². The van der Waals surface area contributed by atoms with Crippen molar-refractivity contribution in [1.29, 1.82) is 0 Å². The highest BCUT2D eigenvalue weighted by Crippen LogP contribution is 2.44. The molecule has 1 aliphatic rings. The number of aliphatic hydroxyl groups excluding tert-OH is 1. The Morgan fingerprint density at radius 2 is 1.73 bits per heavy atom. The Labute approximate surface area is 237 Å². The fourth-order valence-corrected chi connectivity index (χ4v) is 6.01. The van der Waals surface area contributed by atoms with Gasteiger partial charge >= 0.3 is 5.91 Å². The molecule has 2 heterocycles. The molecule has 7 nitrogen and oxygen atoms in total. The molecule has 1 amide bonds. The van der Waals surface area contributed by atoms with Crippen LogP contribution in [0.1, 0.15) is 36.1 Å². The van der Waals surface area contributed by atoms with Gasteiger partial charge in [0.05, 0.1) is 18.2 Å². The van der Waals surface area contributed by atoms with E-state index >= 15 is 0 Å². The van der Waals surface area contributed by atoms with Crippen LogP contribution in [0.5, 0.6) is 5.75 Å². The van der Waals surface area contributed by atoms with Gasteiger partial charge in [-0.2, -0.15) is 0 Å². The van der Waals surface area contributed by atoms with E-state index in [1.54, 1.807) is 36.4 Å². The molecule has 0 saturated carbocycles. The van der Waals surface area contributed by atoms with Gasteiger partial charge in [-0.25, -0.2) is 8.78 Å². The average molecular weight is 580 g/mol. The maximum Gasteiger partial charge on any atom is 0.301 e. The monoisotopic (exact) mass is 579 g/mol. The Kier molecular flexibility index (Phi) is 8.22. The van der Waals surface area contributed by atoms with Crippen molar-refractivity contribution in [2.75, 3.05) is 11.5 Å². The summed E-state index contributed by atoms with van der Waals surface area (Å²) < 4.78 is 33.1. The third-order valence-electron chi connectivity index (χ3n) is 6.09. The summed E-state index contributed by atoms with van der Waals surface area (Å²) >= 11 is 2.48. The highest BCUT2D eigenvalue weighted by atomic mass is 32.2. The fourth-order valence-electron chi connectivity index (χ4n) is 4.19. The van der Waals surface area contributed by atoms with E-state index in [9.17, 15) is 23.5 Å². The van der Waals surface area contributed by atoms with Gasteiger partial charge in [0, 0.05) is 11.3 Å².